The maximum absolute atomic E-state index is 12.5. The molecule has 3 rings (SSSR count). The van der Waals surface area contributed by atoms with Gasteiger partial charge in [0.2, 0.25) is 0 Å². The second-order valence-corrected chi connectivity index (χ2v) is 9.58. The van der Waals surface area contributed by atoms with Crippen molar-refractivity contribution in [3.63, 3.8) is 0 Å². The average Bonchev–Trinajstić information content (AvgIpc) is 2.84. The van der Waals surface area contributed by atoms with Gasteiger partial charge in [0.1, 0.15) is 5.75 Å². The summed E-state index contributed by atoms with van der Waals surface area (Å²) in [5, 5.41) is 0.715. The molecule has 0 aromatic heterocycles. The molecule has 1 unspecified atom stereocenters. The summed E-state index contributed by atoms with van der Waals surface area (Å²) in [4.78, 5) is 13.6. The largest absolute Gasteiger partial charge is 0.483 e. The van der Waals surface area contributed by atoms with Crippen LogP contribution >= 0.6 is 11.6 Å². The Morgan fingerprint density at radius 2 is 1.50 bits per heavy atom. The number of ether oxygens (including phenoxy) is 1. The third kappa shape index (κ3) is 8.10. The van der Waals surface area contributed by atoms with E-state index >= 15 is 0 Å². The van der Waals surface area contributed by atoms with Crippen molar-refractivity contribution < 1.29 is 22.7 Å². The molecule has 0 aliphatic heterocycles. The van der Waals surface area contributed by atoms with Gasteiger partial charge in [0.05, 0.1) is 0 Å². The standard InChI is InChI=1S/C29H31ClF3NO2/c1-20-6-10-23(11-7-20)27(24-12-14-25(30)15-13-24)19-34(3)18-4-5-22-8-16-26(17-9-22)36-21(2)28(35)29(31,32)33/h6-17,21,27H,4-5,18-19H2,1-3H3/t21-,27?/m1/s1. The molecule has 0 heterocycles. The van der Waals surface area contributed by atoms with Crippen molar-refractivity contribution in [1.82, 2.24) is 4.90 Å². The van der Waals surface area contributed by atoms with E-state index in [1.54, 1.807) is 12.1 Å². The monoisotopic (exact) mass is 517 g/mol. The van der Waals surface area contributed by atoms with E-state index in [-0.39, 0.29) is 11.7 Å². The van der Waals surface area contributed by atoms with Gasteiger partial charge < -0.3 is 9.64 Å². The molecule has 0 N–H and O–H groups in total. The normalized spacial score (nSPS) is 13.4. The summed E-state index contributed by atoms with van der Waals surface area (Å²) >= 11 is 6.10. The lowest BCUT2D eigenvalue weighted by molar-refractivity contribution is -0.177. The number of aryl methyl sites for hydroxylation is 2. The highest BCUT2D eigenvalue weighted by atomic mass is 35.5. The Kier molecular flexibility index (Phi) is 9.57. The van der Waals surface area contributed by atoms with Gasteiger partial charge in [-0.25, -0.2) is 0 Å². The van der Waals surface area contributed by atoms with Crippen molar-refractivity contribution in [2.24, 2.45) is 0 Å². The lowest BCUT2D eigenvalue weighted by Crippen LogP contribution is -2.36. The molecule has 0 radical (unpaired) electrons. The van der Waals surface area contributed by atoms with E-state index in [0.717, 1.165) is 38.4 Å². The molecule has 0 bridgehead atoms. The summed E-state index contributed by atoms with van der Waals surface area (Å²) < 4.78 is 42.8. The van der Waals surface area contributed by atoms with Crippen LogP contribution in [0.5, 0.6) is 5.75 Å². The number of rotatable bonds is 11. The Labute approximate surface area is 215 Å². The Morgan fingerprint density at radius 3 is 2.06 bits per heavy atom. The molecule has 0 aliphatic carbocycles. The number of hydrogen-bond acceptors (Lipinski definition) is 3. The predicted octanol–water partition coefficient (Wildman–Crippen LogP) is 7.24. The molecule has 7 heteroatoms. The molecular weight excluding hydrogens is 487 g/mol. The molecule has 0 saturated carbocycles. The summed E-state index contributed by atoms with van der Waals surface area (Å²) in [7, 11) is 2.10. The molecule has 192 valence electrons. The Bertz CT molecular complexity index is 1070. The second-order valence-electron chi connectivity index (χ2n) is 9.15. The molecular formula is C29H31ClF3NO2. The van der Waals surface area contributed by atoms with E-state index < -0.39 is 18.1 Å². The SMILES string of the molecule is Cc1ccc(C(CN(C)CCCc2ccc(O[C@H](C)C(=O)C(F)(F)F)cc2)c2ccc(Cl)cc2)cc1. The molecule has 3 aromatic carbocycles. The van der Waals surface area contributed by atoms with Crippen LogP contribution in [-0.4, -0.2) is 43.1 Å². The van der Waals surface area contributed by atoms with Crippen LogP contribution in [0.3, 0.4) is 0 Å². The van der Waals surface area contributed by atoms with Crippen LogP contribution < -0.4 is 4.74 Å². The van der Waals surface area contributed by atoms with Crippen LogP contribution in [0, 0.1) is 6.92 Å². The zero-order valence-corrected chi connectivity index (χ0v) is 21.4. The smallest absolute Gasteiger partial charge is 0.453 e. The van der Waals surface area contributed by atoms with Crippen LogP contribution in [0.4, 0.5) is 13.2 Å². The number of likely N-dealkylation sites (N-methyl/N-ethyl adjacent to an activating group) is 1. The van der Waals surface area contributed by atoms with Crippen LogP contribution in [0.1, 0.15) is 41.5 Å². The number of carbonyl (C=O) groups excluding carboxylic acids is 1. The number of ketones is 1. The van der Waals surface area contributed by atoms with E-state index in [4.69, 9.17) is 16.3 Å². The summed E-state index contributed by atoms with van der Waals surface area (Å²) in [6.45, 7) is 4.91. The number of nitrogens with zero attached hydrogens (tertiary/aromatic N) is 1. The minimum Gasteiger partial charge on any atom is -0.483 e. The van der Waals surface area contributed by atoms with Crippen molar-refractivity contribution in [2.45, 2.75) is 44.9 Å². The number of carbonyl (C=O) groups is 1. The summed E-state index contributed by atoms with van der Waals surface area (Å²) in [6.07, 6.45) is -4.75. The molecule has 3 nitrogen and oxygen atoms in total. The highest BCUT2D eigenvalue weighted by molar-refractivity contribution is 6.30. The predicted molar refractivity (Wildman–Crippen MR) is 138 cm³/mol. The molecule has 0 saturated heterocycles. The van der Waals surface area contributed by atoms with Gasteiger partial charge in [0.15, 0.2) is 6.10 Å². The van der Waals surface area contributed by atoms with E-state index in [2.05, 4.69) is 55.3 Å². The fourth-order valence-corrected chi connectivity index (χ4v) is 4.20. The van der Waals surface area contributed by atoms with Crippen molar-refractivity contribution in [3.05, 3.63) is 100 Å². The van der Waals surface area contributed by atoms with Gasteiger partial charge in [-0.3, -0.25) is 4.79 Å². The number of halogens is 4. The summed E-state index contributed by atoms with van der Waals surface area (Å²) in [5.74, 6) is -1.44. The lowest BCUT2D eigenvalue weighted by atomic mass is 9.90. The molecule has 0 amide bonds. The van der Waals surface area contributed by atoms with Gasteiger partial charge in [-0.05, 0) is 81.2 Å². The first-order valence-corrected chi connectivity index (χ1v) is 12.3. The third-order valence-electron chi connectivity index (χ3n) is 6.14. The van der Waals surface area contributed by atoms with Crippen LogP contribution in [0.15, 0.2) is 72.8 Å². The highest BCUT2D eigenvalue weighted by Gasteiger charge is 2.42. The number of alkyl halides is 3. The number of benzene rings is 3. The van der Waals surface area contributed by atoms with Gasteiger partial charge in [0, 0.05) is 17.5 Å². The van der Waals surface area contributed by atoms with E-state index in [1.807, 2.05) is 24.3 Å². The highest BCUT2D eigenvalue weighted by Crippen LogP contribution is 2.27. The van der Waals surface area contributed by atoms with Crippen molar-refractivity contribution in [1.29, 1.82) is 0 Å². The quantitative estimate of drug-likeness (QED) is 0.268. The minimum atomic E-state index is -4.91. The molecule has 0 fully saturated rings. The summed E-state index contributed by atoms with van der Waals surface area (Å²) in [6, 6.07) is 23.5. The first-order valence-electron chi connectivity index (χ1n) is 11.9. The van der Waals surface area contributed by atoms with Crippen molar-refractivity contribution in [3.8, 4) is 5.75 Å². The molecule has 2 atom stereocenters. The van der Waals surface area contributed by atoms with E-state index in [1.165, 1.54) is 16.7 Å². The molecule has 0 aliphatic rings. The first-order chi connectivity index (χ1) is 17.0. The zero-order chi connectivity index (χ0) is 26.3. The maximum Gasteiger partial charge on any atom is 0.453 e. The fraction of sp³-hybridized carbons (Fsp3) is 0.345. The topological polar surface area (TPSA) is 29.5 Å². The Morgan fingerprint density at radius 1 is 0.944 bits per heavy atom. The van der Waals surface area contributed by atoms with Crippen molar-refractivity contribution >= 4 is 17.4 Å². The summed E-state index contributed by atoms with van der Waals surface area (Å²) in [5.41, 5.74) is 4.74. The van der Waals surface area contributed by atoms with Gasteiger partial charge in [-0.2, -0.15) is 13.2 Å². The van der Waals surface area contributed by atoms with Gasteiger partial charge in [0.25, 0.3) is 5.78 Å². The van der Waals surface area contributed by atoms with Gasteiger partial charge >= 0.3 is 6.18 Å². The fourth-order valence-electron chi connectivity index (χ4n) is 4.08. The Hall–Kier alpha value is -2.83. The molecule has 36 heavy (non-hydrogen) atoms. The van der Waals surface area contributed by atoms with Crippen LogP contribution in [0.25, 0.3) is 0 Å². The molecule has 0 spiro atoms. The molecule has 3 aromatic rings. The van der Waals surface area contributed by atoms with E-state index in [0.29, 0.717) is 5.02 Å². The lowest BCUT2D eigenvalue weighted by Gasteiger charge is -2.25. The average molecular weight is 518 g/mol. The minimum absolute atomic E-state index is 0.214. The number of Topliss-reactive ketones (excluding diaryl/α,β-unsaturated/α-hetero) is 1. The maximum atomic E-state index is 12.5. The second kappa shape index (κ2) is 12.4. The number of hydrogen-bond donors (Lipinski definition) is 0. The Balaban J connectivity index is 1.54. The first kappa shape index (κ1) is 27.8. The van der Waals surface area contributed by atoms with Crippen LogP contribution in [-0.2, 0) is 11.2 Å². The van der Waals surface area contributed by atoms with E-state index in [9.17, 15) is 18.0 Å². The van der Waals surface area contributed by atoms with Crippen molar-refractivity contribution in [2.75, 3.05) is 20.1 Å². The van der Waals surface area contributed by atoms with Crippen LogP contribution in [0.2, 0.25) is 5.02 Å². The zero-order valence-electron chi connectivity index (χ0n) is 20.7. The van der Waals surface area contributed by atoms with Gasteiger partial charge in [-0.15, -0.1) is 0 Å². The van der Waals surface area contributed by atoms with Gasteiger partial charge in [-0.1, -0.05) is 65.7 Å². The third-order valence-corrected chi connectivity index (χ3v) is 6.39.